The second kappa shape index (κ2) is 4.85. The lowest BCUT2D eigenvalue weighted by molar-refractivity contribution is 0.494. The predicted octanol–water partition coefficient (Wildman–Crippen LogP) is 3.29. The van der Waals surface area contributed by atoms with Gasteiger partial charge in [-0.3, -0.25) is 0 Å². The normalized spacial score (nSPS) is 11.2. The highest BCUT2D eigenvalue weighted by molar-refractivity contribution is 6.31. The zero-order valence-corrected chi connectivity index (χ0v) is 10.3. The van der Waals surface area contributed by atoms with Gasteiger partial charge >= 0.3 is 0 Å². The van der Waals surface area contributed by atoms with Crippen LogP contribution in [-0.2, 0) is 6.54 Å². The van der Waals surface area contributed by atoms with Crippen molar-refractivity contribution >= 4 is 22.7 Å². The third-order valence-electron chi connectivity index (χ3n) is 2.39. The third-order valence-corrected chi connectivity index (χ3v) is 2.61. The second-order valence-corrected chi connectivity index (χ2v) is 4.29. The summed E-state index contributed by atoms with van der Waals surface area (Å²) < 4.78 is 5.67. The molecule has 0 saturated carbocycles. The van der Waals surface area contributed by atoms with Crippen LogP contribution in [0.1, 0.15) is 24.8 Å². The summed E-state index contributed by atoms with van der Waals surface area (Å²) in [4.78, 5) is 4.39. The molecule has 1 aromatic heterocycles. The minimum absolute atomic E-state index is 0.666. The van der Waals surface area contributed by atoms with E-state index in [-0.39, 0.29) is 0 Å². The molecule has 0 aliphatic carbocycles. The number of aryl methyl sites for hydroxylation is 1. The van der Waals surface area contributed by atoms with Crippen molar-refractivity contribution in [3.63, 3.8) is 0 Å². The molecule has 0 bridgehead atoms. The molecule has 0 atom stereocenters. The molecule has 86 valence electrons. The number of benzene rings is 1. The van der Waals surface area contributed by atoms with Crippen LogP contribution in [-0.4, -0.2) is 11.5 Å². The lowest BCUT2D eigenvalue weighted by Gasteiger charge is -1.96. The summed E-state index contributed by atoms with van der Waals surface area (Å²) in [6.07, 6.45) is 1.10. The Balaban J connectivity index is 2.26. The minimum atomic E-state index is 0.666. The van der Waals surface area contributed by atoms with Crippen molar-refractivity contribution in [2.75, 3.05) is 6.54 Å². The number of nitrogens with one attached hydrogen (secondary N) is 1. The van der Waals surface area contributed by atoms with E-state index >= 15 is 0 Å². The van der Waals surface area contributed by atoms with Crippen molar-refractivity contribution in [1.82, 2.24) is 10.3 Å². The van der Waals surface area contributed by atoms with Crippen LogP contribution in [0.3, 0.4) is 0 Å². The van der Waals surface area contributed by atoms with Gasteiger partial charge < -0.3 is 9.73 Å². The highest BCUT2D eigenvalue weighted by Gasteiger charge is 2.08. The van der Waals surface area contributed by atoms with E-state index in [1.54, 1.807) is 0 Å². The van der Waals surface area contributed by atoms with Crippen LogP contribution >= 0.6 is 11.6 Å². The Labute approximate surface area is 99.8 Å². The summed E-state index contributed by atoms with van der Waals surface area (Å²) in [6, 6.07) is 3.72. The maximum absolute atomic E-state index is 5.96. The zero-order valence-electron chi connectivity index (χ0n) is 9.51. The molecule has 0 aliphatic heterocycles. The smallest absolute Gasteiger partial charge is 0.209 e. The Kier molecular flexibility index (Phi) is 3.46. The summed E-state index contributed by atoms with van der Waals surface area (Å²) in [7, 11) is 0. The van der Waals surface area contributed by atoms with Crippen molar-refractivity contribution in [3.05, 3.63) is 28.6 Å². The van der Waals surface area contributed by atoms with Crippen LogP contribution in [0.4, 0.5) is 0 Å². The number of fused-ring (bicyclic) bond motifs is 1. The predicted molar refractivity (Wildman–Crippen MR) is 65.8 cm³/mol. The second-order valence-electron chi connectivity index (χ2n) is 3.86. The Hall–Kier alpha value is -1.06. The topological polar surface area (TPSA) is 38.1 Å². The fraction of sp³-hybridized carbons (Fsp3) is 0.417. The monoisotopic (exact) mass is 238 g/mol. The molecular weight excluding hydrogens is 224 g/mol. The first-order valence-corrected chi connectivity index (χ1v) is 5.84. The third kappa shape index (κ3) is 2.36. The average Bonchev–Trinajstić information content (AvgIpc) is 2.61. The van der Waals surface area contributed by atoms with E-state index in [2.05, 4.69) is 17.2 Å². The van der Waals surface area contributed by atoms with Gasteiger partial charge in [0.1, 0.15) is 5.52 Å². The lowest BCUT2D eigenvalue weighted by Crippen LogP contribution is -2.13. The highest BCUT2D eigenvalue weighted by Crippen LogP contribution is 2.24. The first-order chi connectivity index (χ1) is 7.70. The summed E-state index contributed by atoms with van der Waals surface area (Å²) in [5.41, 5.74) is 2.69. The quantitative estimate of drug-likeness (QED) is 0.831. The van der Waals surface area contributed by atoms with Gasteiger partial charge in [-0.05, 0) is 37.6 Å². The van der Waals surface area contributed by atoms with Crippen LogP contribution < -0.4 is 5.32 Å². The Morgan fingerprint density at radius 1 is 1.44 bits per heavy atom. The van der Waals surface area contributed by atoms with Gasteiger partial charge in [-0.1, -0.05) is 18.5 Å². The molecule has 0 amide bonds. The van der Waals surface area contributed by atoms with Gasteiger partial charge in [0, 0.05) is 5.02 Å². The van der Waals surface area contributed by atoms with Crippen molar-refractivity contribution in [2.24, 2.45) is 0 Å². The molecule has 0 aliphatic rings. The van der Waals surface area contributed by atoms with E-state index in [1.165, 1.54) is 0 Å². The Bertz CT molecular complexity index is 493. The van der Waals surface area contributed by atoms with Gasteiger partial charge in [-0.25, -0.2) is 4.98 Å². The molecule has 2 rings (SSSR count). The molecule has 1 heterocycles. The van der Waals surface area contributed by atoms with E-state index in [0.717, 1.165) is 29.6 Å². The van der Waals surface area contributed by atoms with E-state index in [1.807, 2.05) is 19.1 Å². The maximum atomic E-state index is 5.96. The first-order valence-electron chi connectivity index (χ1n) is 5.47. The average molecular weight is 239 g/mol. The number of oxazole rings is 1. The number of aromatic nitrogens is 1. The van der Waals surface area contributed by atoms with Crippen LogP contribution in [0, 0.1) is 6.92 Å². The SMILES string of the molecule is CCCNCc1nc2cc(Cl)cc(C)c2o1. The molecule has 1 aromatic carbocycles. The van der Waals surface area contributed by atoms with Crippen LogP contribution in [0.2, 0.25) is 5.02 Å². The van der Waals surface area contributed by atoms with Gasteiger partial charge in [0.25, 0.3) is 0 Å². The van der Waals surface area contributed by atoms with Gasteiger partial charge in [0.15, 0.2) is 5.58 Å². The molecule has 16 heavy (non-hydrogen) atoms. The van der Waals surface area contributed by atoms with Crippen LogP contribution in [0.15, 0.2) is 16.5 Å². The number of halogens is 1. The molecule has 1 N–H and O–H groups in total. The summed E-state index contributed by atoms with van der Waals surface area (Å²) >= 11 is 5.96. The van der Waals surface area contributed by atoms with Gasteiger partial charge in [0.2, 0.25) is 5.89 Å². The van der Waals surface area contributed by atoms with Gasteiger partial charge in [0.05, 0.1) is 6.54 Å². The van der Waals surface area contributed by atoms with E-state index < -0.39 is 0 Å². The van der Waals surface area contributed by atoms with Gasteiger partial charge in [-0.2, -0.15) is 0 Å². The van der Waals surface area contributed by atoms with Crippen molar-refractivity contribution in [1.29, 1.82) is 0 Å². The molecule has 2 aromatic rings. The fourth-order valence-corrected chi connectivity index (χ4v) is 1.92. The van der Waals surface area contributed by atoms with Crippen LogP contribution in [0.25, 0.3) is 11.1 Å². The van der Waals surface area contributed by atoms with Gasteiger partial charge in [-0.15, -0.1) is 0 Å². The molecule has 0 unspecified atom stereocenters. The van der Waals surface area contributed by atoms with Crippen molar-refractivity contribution < 1.29 is 4.42 Å². The first kappa shape index (κ1) is 11.4. The molecule has 0 spiro atoms. The number of hydrogen-bond donors (Lipinski definition) is 1. The minimum Gasteiger partial charge on any atom is -0.439 e. The van der Waals surface area contributed by atoms with E-state index in [9.17, 15) is 0 Å². The van der Waals surface area contributed by atoms with Crippen molar-refractivity contribution in [2.45, 2.75) is 26.8 Å². The summed E-state index contributed by atoms with van der Waals surface area (Å²) in [5, 5.41) is 3.96. The highest BCUT2D eigenvalue weighted by atomic mass is 35.5. The number of rotatable bonds is 4. The molecule has 0 radical (unpaired) electrons. The number of hydrogen-bond acceptors (Lipinski definition) is 3. The number of nitrogens with zero attached hydrogens (tertiary/aromatic N) is 1. The van der Waals surface area contributed by atoms with Crippen molar-refractivity contribution in [3.8, 4) is 0 Å². The Morgan fingerprint density at radius 3 is 3.00 bits per heavy atom. The Morgan fingerprint density at radius 2 is 2.25 bits per heavy atom. The maximum Gasteiger partial charge on any atom is 0.209 e. The fourth-order valence-electron chi connectivity index (χ4n) is 1.65. The standard InChI is InChI=1S/C12H15ClN2O/c1-3-4-14-7-11-15-10-6-9(13)5-8(2)12(10)16-11/h5-6,14H,3-4,7H2,1-2H3. The molecule has 0 saturated heterocycles. The molecule has 3 nitrogen and oxygen atoms in total. The summed E-state index contributed by atoms with van der Waals surface area (Å²) in [6.45, 7) is 5.74. The van der Waals surface area contributed by atoms with E-state index in [0.29, 0.717) is 17.5 Å². The largest absolute Gasteiger partial charge is 0.439 e. The van der Waals surface area contributed by atoms with Crippen LogP contribution in [0.5, 0.6) is 0 Å². The van der Waals surface area contributed by atoms with E-state index in [4.69, 9.17) is 16.0 Å². The summed E-state index contributed by atoms with van der Waals surface area (Å²) in [5.74, 6) is 0.716. The zero-order chi connectivity index (χ0) is 11.5. The lowest BCUT2D eigenvalue weighted by atomic mass is 10.2. The molecule has 0 fully saturated rings. The molecule has 4 heteroatoms. The molecular formula is C12H15ClN2O.